The van der Waals surface area contributed by atoms with E-state index in [0.29, 0.717) is 5.75 Å². The van der Waals surface area contributed by atoms with Crippen LogP contribution in [0, 0.1) is 0 Å². The number of aliphatic hydroxyl groups excluding tert-OH is 1. The molecule has 0 aliphatic carbocycles. The summed E-state index contributed by atoms with van der Waals surface area (Å²) in [6.07, 6.45) is -0.252. The van der Waals surface area contributed by atoms with Gasteiger partial charge < -0.3 is 5.11 Å². The molecule has 1 unspecified atom stereocenters. The Morgan fingerprint density at radius 1 is 1.83 bits per heavy atom. The second kappa shape index (κ2) is 6.19. The predicted octanol–water partition coefficient (Wildman–Crippen LogP) is -0.887. The Hall–Kier alpha value is 1.19. The molecule has 0 bridgehead atoms. The van der Waals surface area contributed by atoms with Gasteiger partial charge >= 0.3 is 26.2 Å². The van der Waals surface area contributed by atoms with E-state index in [1.54, 1.807) is 6.92 Å². The van der Waals surface area contributed by atoms with E-state index in [1.165, 1.54) is 0 Å². The van der Waals surface area contributed by atoms with Crippen LogP contribution in [0.2, 0.25) is 0 Å². The molecular formula is C3H11BiOS. The number of aliphatic hydroxyl groups is 1. The van der Waals surface area contributed by atoms with Crippen LogP contribution in [0.15, 0.2) is 0 Å². The molecule has 0 amide bonds. The van der Waals surface area contributed by atoms with Gasteiger partial charge in [0.25, 0.3) is 0 Å². The Labute approximate surface area is 62.7 Å². The van der Waals surface area contributed by atoms with Crippen LogP contribution in [0.1, 0.15) is 6.92 Å². The molecule has 0 fully saturated rings. The third-order valence-electron chi connectivity index (χ3n) is 0.264. The fourth-order valence-corrected chi connectivity index (χ4v) is 0. The van der Waals surface area contributed by atoms with Gasteiger partial charge in [0.15, 0.2) is 0 Å². The van der Waals surface area contributed by atoms with Crippen molar-refractivity contribution < 1.29 is 5.11 Å². The summed E-state index contributed by atoms with van der Waals surface area (Å²) in [6, 6.07) is 0. The minimum absolute atomic E-state index is 0. The van der Waals surface area contributed by atoms with Crippen molar-refractivity contribution in [2.75, 3.05) is 5.75 Å². The van der Waals surface area contributed by atoms with Crippen LogP contribution in [-0.4, -0.2) is 43.2 Å². The molecule has 0 rings (SSSR count). The van der Waals surface area contributed by atoms with Crippen molar-refractivity contribution in [2.24, 2.45) is 0 Å². The minimum atomic E-state index is -0.252. The summed E-state index contributed by atoms with van der Waals surface area (Å²) in [7, 11) is 0. The van der Waals surface area contributed by atoms with Gasteiger partial charge in [0.1, 0.15) is 0 Å². The van der Waals surface area contributed by atoms with Crippen molar-refractivity contribution in [3.05, 3.63) is 0 Å². The molecule has 1 nitrogen and oxygen atoms in total. The van der Waals surface area contributed by atoms with Gasteiger partial charge in [-0.05, 0) is 6.92 Å². The van der Waals surface area contributed by atoms with Gasteiger partial charge in [0, 0.05) is 5.75 Å². The third-order valence-corrected chi connectivity index (χ3v) is 0.793. The summed E-state index contributed by atoms with van der Waals surface area (Å²) < 4.78 is 0. The van der Waals surface area contributed by atoms with E-state index in [9.17, 15) is 0 Å². The van der Waals surface area contributed by atoms with Crippen molar-refractivity contribution in [2.45, 2.75) is 13.0 Å². The molecular weight excluding hydrogens is 293 g/mol. The first-order valence-electron chi connectivity index (χ1n) is 1.56. The Morgan fingerprint density at radius 2 is 2.00 bits per heavy atom. The molecule has 6 heavy (non-hydrogen) atoms. The summed E-state index contributed by atoms with van der Waals surface area (Å²) in [6.45, 7) is 1.70. The Bertz CT molecular complexity index is 24.8. The van der Waals surface area contributed by atoms with Gasteiger partial charge in [-0.3, -0.25) is 0 Å². The molecule has 0 aromatic heterocycles. The average molecular weight is 304 g/mol. The molecule has 0 heterocycles. The molecule has 1 atom stereocenters. The van der Waals surface area contributed by atoms with E-state index in [4.69, 9.17) is 5.11 Å². The van der Waals surface area contributed by atoms with Gasteiger partial charge in [0.05, 0.1) is 6.10 Å². The summed E-state index contributed by atoms with van der Waals surface area (Å²) in [5, 5.41) is 8.28. The standard InChI is InChI=1S/C3H8OS.Bi.3H/c1-3(4)2-5;;;;/h3-5H,2H2,1H3;;;;. The average Bonchev–Trinajstić information content (AvgIpc) is 1.38. The zero-order chi connectivity index (χ0) is 4.28. The molecule has 0 aliphatic rings. The van der Waals surface area contributed by atoms with E-state index in [2.05, 4.69) is 12.6 Å². The first-order chi connectivity index (χ1) is 2.27. The van der Waals surface area contributed by atoms with Crippen LogP contribution in [-0.2, 0) is 0 Å². The van der Waals surface area contributed by atoms with Crippen molar-refractivity contribution >= 4 is 38.8 Å². The van der Waals surface area contributed by atoms with E-state index >= 15 is 0 Å². The summed E-state index contributed by atoms with van der Waals surface area (Å²) in [5.41, 5.74) is 0. The number of thiol groups is 1. The molecule has 40 valence electrons. The van der Waals surface area contributed by atoms with E-state index in [-0.39, 0.29) is 32.3 Å². The van der Waals surface area contributed by atoms with Gasteiger partial charge in [0.2, 0.25) is 0 Å². The van der Waals surface area contributed by atoms with Crippen molar-refractivity contribution in [3.63, 3.8) is 0 Å². The van der Waals surface area contributed by atoms with Crippen LogP contribution >= 0.6 is 12.6 Å². The van der Waals surface area contributed by atoms with Gasteiger partial charge in [-0.25, -0.2) is 0 Å². The Balaban J connectivity index is 0. The van der Waals surface area contributed by atoms with Gasteiger partial charge in [-0.1, -0.05) is 0 Å². The van der Waals surface area contributed by atoms with Crippen molar-refractivity contribution in [1.29, 1.82) is 0 Å². The zero-order valence-electron chi connectivity index (χ0n) is 3.89. The van der Waals surface area contributed by atoms with Crippen LogP contribution in [0.3, 0.4) is 0 Å². The molecule has 3 heteroatoms. The molecule has 1 N–H and O–H groups in total. The van der Waals surface area contributed by atoms with Gasteiger partial charge in [-0.2, -0.15) is 12.6 Å². The molecule has 0 spiro atoms. The van der Waals surface area contributed by atoms with Crippen molar-refractivity contribution in [3.8, 4) is 0 Å². The summed E-state index contributed by atoms with van der Waals surface area (Å²) >= 11 is 3.77. The van der Waals surface area contributed by atoms with E-state index in [1.807, 2.05) is 0 Å². The second-order valence-corrected chi connectivity index (χ2v) is 1.40. The number of hydrogen-bond acceptors (Lipinski definition) is 2. The maximum absolute atomic E-state index is 8.28. The van der Waals surface area contributed by atoms with E-state index < -0.39 is 0 Å². The van der Waals surface area contributed by atoms with Crippen LogP contribution in [0.4, 0.5) is 0 Å². The Morgan fingerprint density at radius 3 is 2.00 bits per heavy atom. The molecule has 0 aromatic carbocycles. The molecule has 0 saturated heterocycles. The Kier molecular flexibility index (Phi) is 10.6. The second-order valence-electron chi connectivity index (χ2n) is 1.03. The normalized spacial score (nSPS) is 12.5. The monoisotopic (exact) mass is 304 g/mol. The fraction of sp³-hybridized carbons (Fsp3) is 1.00. The van der Waals surface area contributed by atoms with Crippen molar-refractivity contribution in [1.82, 2.24) is 0 Å². The summed E-state index contributed by atoms with van der Waals surface area (Å²) in [5.74, 6) is 0.556. The van der Waals surface area contributed by atoms with Crippen LogP contribution < -0.4 is 0 Å². The SMILES string of the molecule is CC(O)CS.[BiH3]. The predicted molar refractivity (Wildman–Crippen MR) is 35.5 cm³/mol. The molecule has 0 radical (unpaired) electrons. The third kappa shape index (κ3) is 8.96. The van der Waals surface area contributed by atoms with E-state index in [0.717, 1.165) is 0 Å². The van der Waals surface area contributed by atoms with Crippen LogP contribution in [0.25, 0.3) is 0 Å². The fourth-order valence-electron chi connectivity index (χ4n) is 0. The maximum atomic E-state index is 8.28. The first kappa shape index (κ1) is 10.2. The quantitative estimate of drug-likeness (QED) is 0.476. The number of rotatable bonds is 1. The number of hydrogen-bond donors (Lipinski definition) is 2. The summed E-state index contributed by atoms with van der Waals surface area (Å²) in [4.78, 5) is 0. The molecule has 0 aromatic rings. The topological polar surface area (TPSA) is 20.2 Å². The molecule has 0 aliphatic heterocycles. The van der Waals surface area contributed by atoms with Gasteiger partial charge in [-0.15, -0.1) is 0 Å². The molecule has 0 saturated carbocycles. The van der Waals surface area contributed by atoms with Crippen LogP contribution in [0.5, 0.6) is 0 Å². The zero-order valence-corrected chi connectivity index (χ0v) is 10.3. The first-order valence-corrected chi connectivity index (χ1v) is 2.19.